The van der Waals surface area contributed by atoms with Gasteiger partial charge in [-0.25, -0.2) is 4.98 Å². The smallest absolute Gasteiger partial charge is 0.247 e. The van der Waals surface area contributed by atoms with Crippen LogP contribution in [-0.2, 0) is 6.54 Å². The summed E-state index contributed by atoms with van der Waals surface area (Å²) in [5.41, 5.74) is 3.07. The van der Waals surface area contributed by atoms with Crippen LogP contribution in [0.5, 0.6) is 0 Å². The van der Waals surface area contributed by atoms with Crippen LogP contribution in [0.4, 0.5) is 0 Å². The predicted octanol–water partition coefficient (Wildman–Crippen LogP) is 3.26. The van der Waals surface area contributed by atoms with Gasteiger partial charge < -0.3 is 8.82 Å². The molecule has 0 amide bonds. The predicted molar refractivity (Wildman–Crippen MR) is 110 cm³/mol. The average Bonchev–Trinajstić information content (AvgIpc) is 3.41. The molecule has 148 valence electrons. The van der Waals surface area contributed by atoms with Crippen molar-refractivity contribution in [3.63, 3.8) is 0 Å². The van der Waals surface area contributed by atoms with Gasteiger partial charge in [-0.05, 0) is 31.2 Å². The quantitative estimate of drug-likeness (QED) is 0.523. The Balaban J connectivity index is 1.19. The fourth-order valence-electron chi connectivity index (χ4n) is 3.86. The number of hydrogen-bond donors (Lipinski definition) is 0. The zero-order chi connectivity index (χ0) is 19.6. The van der Waals surface area contributed by atoms with Gasteiger partial charge in [-0.1, -0.05) is 24.3 Å². The number of benzene rings is 1. The van der Waals surface area contributed by atoms with Crippen LogP contribution in [0.15, 0.2) is 65.3 Å². The summed E-state index contributed by atoms with van der Waals surface area (Å²) < 4.78 is 8.03. The van der Waals surface area contributed by atoms with E-state index < -0.39 is 0 Å². The maximum atomic E-state index is 5.95. The molecule has 1 aliphatic rings. The highest BCUT2D eigenvalue weighted by Gasteiger charge is 2.26. The van der Waals surface area contributed by atoms with Crippen LogP contribution in [0, 0.1) is 0 Å². The number of aromatic nitrogens is 4. The van der Waals surface area contributed by atoms with Crippen molar-refractivity contribution in [2.75, 3.05) is 26.2 Å². The third kappa shape index (κ3) is 3.79. The number of rotatable bonds is 5. The van der Waals surface area contributed by atoms with Crippen LogP contribution in [0.2, 0.25) is 0 Å². The van der Waals surface area contributed by atoms with E-state index in [1.807, 2.05) is 54.7 Å². The van der Waals surface area contributed by atoms with E-state index in [0.717, 1.165) is 49.6 Å². The molecule has 5 rings (SSSR count). The number of piperazine rings is 1. The van der Waals surface area contributed by atoms with Gasteiger partial charge in [0.1, 0.15) is 5.65 Å². The number of pyridine rings is 1. The van der Waals surface area contributed by atoms with Gasteiger partial charge in [-0.3, -0.25) is 9.80 Å². The zero-order valence-corrected chi connectivity index (χ0v) is 16.5. The van der Waals surface area contributed by atoms with E-state index in [2.05, 4.69) is 37.5 Å². The number of fused-ring (bicyclic) bond motifs is 1. The minimum absolute atomic E-state index is 0.109. The second-order valence-corrected chi connectivity index (χ2v) is 7.50. The van der Waals surface area contributed by atoms with Crippen molar-refractivity contribution in [1.82, 2.24) is 29.4 Å². The van der Waals surface area contributed by atoms with Crippen LogP contribution < -0.4 is 0 Å². The first-order valence-electron chi connectivity index (χ1n) is 10.0. The molecule has 7 heteroatoms. The van der Waals surface area contributed by atoms with Gasteiger partial charge in [0.2, 0.25) is 11.8 Å². The average molecular weight is 388 g/mol. The van der Waals surface area contributed by atoms with Gasteiger partial charge in [-0.15, -0.1) is 10.2 Å². The van der Waals surface area contributed by atoms with Gasteiger partial charge in [-0.2, -0.15) is 0 Å². The summed E-state index contributed by atoms with van der Waals surface area (Å²) in [6.45, 7) is 6.95. The monoisotopic (exact) mass is 388 g/mol. The molecule has 3 aromatic heterocycles. The summed E-state index contributed by atoms with van der Waals surface area (Å²) in [6, 6.07) is 16.1. The number of imidazole rings is 1. The normalized spacial score (nSPS) is 17.0. The van der Waals surface area contributed by atoms with E-state index >= 15 is 0 Å². The van der Waals surface area contributed by atoms with E-state index in [9.17, 15) is 0 Å². The maximum absolute atomic E-state index is 5.95. The Hall–Kier alpha value is -3.03. The summed E-state index contributed by atoms with van der Waals surface area (Å²) >= 11 is 0. The minimum atomic E-state index is 0.109. The highest BCUT2D eigenvalue weighted by atomic mass is 16.4. The summed E-state index contributed by atoms with van der Waals surface area (Å²) in [4.78, 5) is 9.57. The van der Waals surface area contributed by atoms with Crippen LogP contribution in [-0.4, -0.2) is 55.6 Å². The fourth-order valence-corrected chi connectivity index (χ4v) is 3.86. The lowest BCUT2D eigenvalue weighted by Gasteiger charge is -2.36. The van der Waals surface area contributed by atoms with Crippen molar-refractivity contribution in [3.8, 4) is 11.5 Å². The van der Waals surface area contributed by atoms with E-state index in [-0.39, 0.29) is 6.04 Å². The first-order valence-corrected chi connectivity index (χ1v) is 10.0. The molecule has 0 radical (unpaired) electrons. The summed E-state index contributed by atoms with van der Waals surface area (Å²) in [5, 5.41) is 8.52. The van der Waals surface area contributed by atoms with E-state index in [1.165, 1.54) is 0 Å². The summed E-state index contributed by atoms with van der Waals surface area (Å²) in [6.07, 6.45) is 4.16. The Kier molecular flexibility index (Phi) is 4.83. The van der Waals surface area contributed by atoms with Crippen molar-refractivity contribution in [2.24, 2.45) is 0 Å². The molecular weight excluding hydrogens is 364 g/mol. The van der Waals surface area contributed by atoms with Crippen LogP contribution in [0.1, 0.15) is 24.6 Å². The van der Waals surface area contributed by atoms with Crippen LogP contribution >= 0.6 is 0 Å². The van der Waals surface area contributed by atoms with Crippen molar-refractivity contribution in [1.29, 1.82) is 0 Å². The second-order valence-electron chi connectivity index (χ2n) is 7.50. The zero-order valence-electron chi connectivity index (χ0n) is 16.5. The van der Waals surface area contributed by atoms with Crippen molar-refractivity contribution in [2.45, 2.75) is 19.5 Å². The molecule has 0 saturated carbocycles. The number of nitrogens with zero attached hydrogens (tertiary/aromatic N) is 6. The second kappa shape index (κ2) is 7.77. The lowest BCUT2D eigenvalue weighted by Crippen LogP contribution is -2.46. The maximum Gasteiger partial charge on any atom is 0.247 e. The molecule has 0 aliphatic carbocycles. The van der Waals surface area contributed by atoms with E-state index in [0.29, 0.717) is 11.8 Å². The van der Waals surface area contributed by atoms with Crippen LogP contribution in [0.3, 0.4) is 0 Å². The SMILES string of the molecule is CC(c1nnc(-c2ccccc2)o1)N1CCN(Cc2cn3ccccc3n2)CC1. The van der Waals surface area contributed by atoms with E-state index in [1.54, 1.807) is 0 Å². The Labute approximate surface area is 169 Å². The largest absolute Gasteiger partial charge is 0.419 e. The first-order chi connectivity index (χ1) is 14.3. The molecule has 1 saturated heterocycles. The topological polar surface area (TPSA) is 62.7 Å². The highest BCUT2D eigenvalue weighted by molar-refractivity contribution is 5.51. The molecule has 7 nitrogen and oxygen atoms in total. The van der Waals surface area contributed by atoms with Gasteiger partial charge in [0.05, 0.1) is 11.7 Å². The molecule has 4 aromatic rings. The number of hydrogen-bond acceptors (Lipinski definition) is 6. The molecule has 1 unspecified atom stereocenters. The van der Waals surface area contributed by atoms with Crippen molar-refractivity contribution < 1.29 is 4.42 Å². The van der Waals surface area contributed by atoms with Crippen molar-refractivity contribution in [3.05, 3.63) is 72.5 Å². The van der Waals surface area contributed by atoms with Gasteiger partial charge in [0.25, 0.3) is 0 Å². The fraction of sp³-hybridized carbons (Fsp3) is 0.318. The molecule has 1 atom stereocenters. The lowest BCUT2D eigenvalue weighted by molar-refractivity contribution is 0.0870. The van der Waals surface area contributed by atoms with Crippen LogP contribution in [0.25, 0.3) is 17.1 Å². The lowest BCUT2D eigenvalue weighted by atomic mass is 10.2. The molecule has 0 bridgehead atoms. The van der Waals surface area contributed by atoms with Crippen molar-refractivity contribution >= 4 is 5.65 Å². The van der Waals surface area contributed by atoms with Gasteiger partial charge in [0.15, 0.2) is 0 Å². The molecular formula is C22H24N6O. The Morgan fingerprint density at radius 1 is 0.966 bits per heavy atom. The molecule has 1 aliphatic heterocycles. The Morgan fingerprint density at radius 3 is 2.55 bits per heavy atom. The summed E-state index contributed by atoms with van der Waals surface area (Å²) in [5.74, 6) is 1.26. The molecule has 4 heterocycles. The molecule has 1 fully saturated rings. The highest BCUT2D eigenvalue weighted by Crippen LogP contribution is 2.25. The third-order valence-corrected chi connectivity index (χ3v) is 5.57. The molecule has 29 heavy (non-hydrogen) atoms. The molecule has 0 N–H and O–H groups in total. The van der Waals surface area contributed by atoms with Gasteiger partial charge in [0, 0.05) is 50.7 Å². The minimum Gasteiger partial charge on any atom is -0.419 e. The Morgan fingerprint density at radius 2 is 1.76 bits per heavy atom. The first kappa shape index (κ1) is 18.0. The molecule has 0 spiro atoms. The third-order valence-electron chi connectivity index (χ3n) is 5.57. The van der Waals surface area contributed by atoms with Gasteiger partial charge >= 0.3 is 0 Å². The standard InChI is InChI=1S/C22H24N6O/c1-17(21-24-25-22(29-21)18-7-3-2-4-8-18)27-13-11-26(12-14-27)15-19-16-28-10-6-5-9-20(28)23-19/h2-10,16-17H,11-15H2,1H3. The Bertz CT molecular complexity index is 1050. The molecule has 1 aromatic carbocycles. The van der Waals surface area contributed by atoms with E-state index in [4.69, 9.17) is 9.40 Å². The summed E-state index contributed by atoms with van der Waals surface area (Å²) in [7, 11) is 0.